The number of hydrogen-bond donors (Lipinski definition) is 1. The zero-order chi connectivity index (χ0) is 19.3. The van der Waals surface area contributed by atoms with Crippen LogP contribution in [-0.2, 0) is 19.4 Å². The van der Waals surface area contributed by atoms with Gasteiger partial charge in [-0.15, -0.1) is 0 Å². The van der Waals surface area contributed by atoms with Crippen LogP contribution in [0.4, 0.5) is 5.69 Å². The van der Waals surface area contributed by atoms with E-state index in [1.165, 1.54) is 31.2 Å². The molecule has 0 aliphatic carbocycles. The van der Waals surface area contributed by atoms with Crippen LogP contribution in [0.25, 0.3) is 0 Å². The molecule has 0 fully saturated rings. The normalized spacial score (nSPS) is 10.8. The number of nitrogens with one attached hydrogen (secondary N) is 1. The number of carbonyl (C=O) groups is 3. The number of ether oxygens (including phenoxy) is 1. The Morgan fingerprint density at radius 2 is 1.62 bits per heavy atom. The molecule has 0 saturated carbocycles. The predicted molar refractivity (Wildman–Crippen MR) is 94.9 cm³/mol. The van der Waals surface area contributed by atoms with Gasteiger partial charge in [0, 0.05) is 11.8 Å². The van der Waals surface area contributed by atoms with Crippen molar-refractivity contribution in [3.05, 3.63) is 59.7 Å². The number of benzene rings is 2. The van der Waals surface area contributed by atoms with Gasteiger partial charge < -0.3 is 10.1 Å². The van der Waals surface area contributed by atoms with E-state index >= 15 is 0 Å². The molecule has 1 N–H and O–H groups in total. The molecule has 26 heavy (non-hydrogen) atoms. The van der Waals surface area contributed by atoms with Crippen LogP contribution < -0.4 is 5.32 Å². The largest absolute Gasteiger partial charge is 0.452 e. The lowest BCUT2D eigenvalue weighted by Gasteiger charge is -2.09. The summed E-state index contributed by atoms with van der Waals surface area (Å²) in [4.78, 5) is 35.5. The van der Waals surface area contributed by atoms with Crippen molar-refractivity contribution in [3.8, 4) is 0 Å². The van der Waals surface area contributed by atoms with Crippen LogP contribution in [0.3, 0.4) is 0 Å². The van der Waals surface area contributed by atoms with Crippen LogP contribution in [0.5, 0.6) is 0 Å². The molecule has 0 radical (unpaired) electrons. The Hall–Kier alpha value is -3.00. The van der Waals surface area contributed by atoms with Gasteiger partial charge in [-0.25, -0.2) is 13.2 Å². The monoisotopic (exact) mass is 375 g/mol. The summed E-state index contributed by atoms with van der Waals surface area (Å²) in [6.07, 6.45) is 1.06. The molecule has 0 unspecified atom stereocenters. The SMILES string of the molecule is CC(=O)c1ccccc1NC(=O)COC(=O)c1ccc(S(C)(=O)=O)cc1. The Balaban J connectivity index is 1.97. The molecule has 136 valence electrons. The van der Waals surface area contributed by atoms with E-state index in [-0.39, 0.29) is 16.2 Å². The number of amides is 1. The summed E-state index contributed by atoms with van der Waals surface area (Å²) in [6, 6.07) is 11.7. The van der Waals surface area contributed by atoms with Gasteiger partial charge in [-0.3, -0.25) is 9.59 Å². The maximum Gasteiger partial charge on any atom is 0.338 e. The summed E-state index contributed by atoms with van der Waals surface area (Å²) >= 11 is 0. The number of anilines is 1. The van der Waals surface area contributed by atoms with Crippen molar-refractivity contribution in [2.45, 2.75) is 11.8 Å². The first kappa shape index (κ1) is 19.3. The van der Waals surface area contributed by atoms with Gasteiger partial charge in [0.25, 0.3) is 5.91 Å². The molecule has 2 rings (SSSR count). The highest BCUT2D eigenvalue weighted by Gasteiger charge is 2.14. The molecule has 8 heteroatoms. The van der Waals surface area contributed by atoms with E-state index in [4.69, 9.17) is 4.74 Å². The van der Waals surface area contributed by atoms with Crippen molar-refractivity contribution in [3.63, 3.8) is 0 Å². The highest BCUT2D eigenvalue weighted by atomic mass is 32.2. The Kier molecular flexibility index (Phi) is 5.89. The van der Waals surface area contributed by atoms with E-state index in [1.807, 2.05) is 0 Å². The quantitative estimate of drug-likeness (QED) is 0.612. The fourth-order valence-electron chi connectivity index (χ4n) is 2.14. The molecule has 0 saturated heterocycles. The lowest BCUT2D eigenvalue weighted by atomic mass is 10.1. The summed E-state index contributed by atoms with van der Waals surface area (Å²) in [7, 11) is -3.36. The Morgan fingerprint density at radius 1 is 1.00 bits per heavy atom. The minimum atomic E-state index is -3.36. The molecule has 0 aliphatic heterocycles. The summed E-state index contributed by atoms with van der Waals surface area (Å²) < 4.78 is 27.7. The van der Waals surface area contributed by atoms with Gasteiger partial charge in [0.2, 0.25) is 0 Å². The van der Waals surface area contributed by atoms with Crippen molar-refractivity contribution in [2.75, 3.05) is 18.2 Å². The van der Waals surface area contributed by atoms with Crippen molar-refractivity contribution in [2.24, 2.45) is 0 Å². The number of hydrogen-bond acceptors (Lipinski definition) is 6. The lowest BCUT2D eigenvalue weighted by Crippen LogP contribution is -2.22. The van der Waals surface area contributed by atoms with Crippen molar-refractivity contribution in [1.82, 2.24) is 0 Å². The zero-order valence-electron chi connectivity index (χ0n) is 14.2. The minimum Gasteiger partial charge on any atom is -0.452 e. The third kappa shape index (κ3) is 5.00. The standard InChI is InChI=1S/C18H17NO6S/c1-12(20)15-5-3-4-6-16(15)19-17(21)11-25-18(22)13-7-9-14(10-8-13)26(2,23)24/h3-10H,11H2,1-2H3,(H,19,21). The Morgan fingerprint density at radius 3 is 2.19 bits per heavy atom. The fraction of sp³-hybridized carbons (Fsp3) is 0.167. The van der Waals surface area contributed by atoms with Gasteiger partial charge in [-0.05, 0) is 43.3 Å². The Bertz CT molecular complexity index is 948. The van der Waals surface area contributed by atoms with Gasteiger partial charge in [-0.2, -0.15) is 0 Å². The van der Waals surface area contributed by atoms with Crippen LogP contribution >= 0.6 is 0 Å². The third-order valence-electron chi connectivity index (χ3n) is 3.43. The topological polar surface area (TPSA) is 107 Å². The molecule has 7 nitrogen and oxygen atoms in total. The van der Waals surface area contributed by atoms with E-state index in [2.05, 4.69) is 5.32 Å². The van der Waals surface area contributed by atoms with E-state index in [1.54, 1.807) is 24.3 Å². The molecule has 2 aromatic carbocycles. The fourth-order valence-corrected chi connectivity index (χ4v) is 2.77. The van der Waals surface area contributed by atoms with Gasteiger partial charge >= 0.3 is 5.97 Å². The molecule has 1 amide bonds. The molecule has 0 aromatic heterocycles. The van der Waals surface area contributed by atoms with Crippen molar-refractivity contribution >= 4 is 33.2 Å². The summed E-state index contributed by atoms with van der Waals surface area (Å²) in [6.45, 7) is 0.837. The van der Waals surface area contributed by atoms with E-state index in [0.29, 0.717) is 11.3 Å². The second-order valence-electron chi connectivity index (χ2n) is 5.52. The number of ketones is 1. The first-order valence-electron chi connectivity index (χ1n) is 7.55. The van der Waals surface area contributed by atoms with Gasteiger partial charge in [0.1, 0.15) is 0 Å². The van der Waals surface area contributed by atoms with Crippen LogP contribution in [0.1, 0.15) is 27.6 Å². The summed E-state index contributed by atoms with van der Waals surface area (Å²) in [5.74, 6) is -1.57. The molecule has 0 spiro atoms. The third-order valence-corrected chi connectivity index (χ3v) is 4.56. The molecule has 0 aliphatic rings. The van der Waals surface area contributed by atoms with E-state index in [0.717, 1.165) is 6.26 Å². The lowest BCUT2D eigenvalue weighted by molar-refractivity contribution is -0.119. The average Bonchev–Trinajstić information content (AvgIpc) is 2.59. The van der Waals surface area contributed by atoms with E-state index < -0.39 is 28.3 Å². The van der Waals surface area contributed by atoms with Crippen LogP contribution in [0, 0.1) is 0 Å². The molecule has 0 bridgehead atoms. The van der Waals surface area contributed by atoms with Crippen LogP contribution in [0.2, 0.25) is 0 Å². The number of Topliss-reactive ketones (excluding diaryl/α,β-unsaturated/α-hetero) is 1. The minimum absolute atomic E-state index is 0.0765. The number of rotatable bonds is 6. The Labute approximate surface area is 150 Å². The van der Waals surface area contributed by atoms with Crippen LogP contribution in [-0.4, -0.2) is 38.9 Å². The van der Waals surface area contributed by atoms with Crippen molar-refractivity contribution in [1.29, 1.82) is 0 Å². The average molecular weight is 375 g/mol. The first-order valence-corrected chi connectivity index (χ1v) is 9.44. The maximum absolute atomic E-state index is 11.9. The van der Waals surface area contributed by atoms with Crippen LogP contribution in [0.15, 0.2) is 53.4 Å². The zero-order valence-corrected chi connectivity index (χ0v) is 15.0. The number of carbonyl (C=O) groups excluding carboxylic acids is 3. The van der Waals surface area contributed by atoms with Gasteiger partial charge in [0.05, 0.1) is 16.1 Å². The first-order chi connectivity index (χ1) is 12.2. The number of esters is 1. The molecular formula is C18H17NO6S. The molecule has 0 atom stereocenters. The van der Waals surface area contributed by atoms with Gasteiger partial charge in [-0.1, -0.05) is 12.1 Å². The molecule has 2 aromatic rings. The second-order valence-corrected chi connectivity index (χ2v) is 7.54. The number of sulfone groups is 1. The summed E-state index contributed by atoms with van der Waals surface area (Å²) in [5.41, 5.74) is 0.802. The summed E-state index contributed by atoms with van der Waals surface area (Å²) in [5, 5.41) is 2.51. The molecular weight excluding hydrogens is 358 g/mol. The number of para-hydroxylation sites is 1. The highest BCUT2D eigenvalue weighted by molar-refractivity contribution is 7.90. The predicted octanol–water partition coefficient (Wildman–Crippen LogP) is 2.09. The highest BCUT2D eigenvalue weighted by Crippen LogP contribution is 2.15. The maximum atomic E-state index is 11.9. The van der Waals surface area contributed by atoms with Crippen molar-refractivity contribution < 1.29 is 27.5 Å². The smallest absolute Gasteiger partial charge is 0.338 e. The van der Waals surface area contributed by atoms with E-state index in [9.17, 15) is 22.8 Å². The second kappa shape index (κ2) is 7.92. The van der Waals surface area contributed by atoms with Gasteiger partial charge in [0.15, 0.2) is 22.2 Å². The molecule has 0 heterocycles.